The number of aliphatic hydroxyl groups excluding tert-OH is 1. The van der Waals surface area contributed by atoms with Crippen molar-refractivity contribution >= 4 is 11.7 Å². The zero-order chi connectivity index (χ0) is 14.3. The van der Waals surface area contributed by atoms with Gasteiger partial charge in [-0.1, -0.05) is 0 Å². The molecule has 1 aromatic rings. The van der Waals surface area contributed by atoms with E-state index in [9.17, 15) is 20.0 Å². The van der Waals surface area contributed by atoms with Gasteiger partial charge in [0.15, 0.2) is 0 Å². The van der Waals surface area contributed by atoms with Crippen LogP contribution in [0.15, 0.2) is 24.3 Å². The minimum atomic E-state index is -1.04. The number of nitrogens with zero attached hydrogens (tertiary/aromatic N) is 1. The summed E-state index contributed by atoms with van der Waals surface area (Å²) in [7, 11) is 0. The van der Waals surface area contributed by atoms with Crippen LogP contribution in [-0.4, -0.2) is 33.8 Å². The molecule has 2 N–H and O–H groups in total. The fourth-order valence-corrected chi connectivity index (χ4v) is 1.48. The van der Waals surface area contributed by atoms with Crippen LogP contribution in [0, 0.1) is 10.1 Å². The van der Waals surface area contributed by atoms with E-state index >= 15 is 0 Å². The van der Waals surface area contributed by atoms with E-state index in [0.717, 1.165) is 0 Å². The monoisotopic (exact) mass is 269 g/mol. The summed E-state index contributed by atoms with van der Waals surface area (Å²) in [5.74, 6) is -0.540. The van der Waals surface area contributed by atoms with Crippen LogP contribution < -0.4 is 4.74 Å². The third-order valence-corrected chi connectivity index (χ3v) is 2.41. The molecule has 0 aromatic heterocycles. The Hall–Kier alpha value is -2.15. The molecule has 0 heterocycles. The number of aliphatic carboxylic acids is 1. The first-order valence-electron chi connectivity index (χ1n) is 5.76. The van der Waals surface area contributed by atoms with E-state index in [0.29, 0.717) is 25.2 Å². The molecule has 1 rings (SSSR count). The Labute approximate surface area is 109 Å². The number of nitro benzene ring substituents is 1. The summed E-state index contributed by atoms with van der Waals surface area (Å²) in [4.78, 5) is 20.2. The zero-order valence-corrected chi connectivity index (χ0v) is 10.2. The first-order chi connectivity index (χ1) is 8.99. The Kier molecular flexibility index (Phi) is 5.74. The highest BCUT2D eigenvalue weighted by molar-refractivity contribution is 5.67. The van der Waals surface area contributed by atoms with Gasteiger partial charge in [-0.05, 0) is 25.0 Å². The van der Waals surface area contributed by atoms with Gasteiger partial charge >= 0.3 is 5.97 Å². The van der Waals surface area contributed by atoms with E-state index in [1.165, 1.54) is 24.3 Å². The normalized spacial score (nSPS) is 11.8. The largest absolute Gasteiger partial charge is 0.494 e. The lowest BCUT2D eigenvalue weighted by molar-refractivity contribution is -0.384. The number of aliphatic hydroxyl groups is 1. The maximum absolute atomic E-state index is 10.4. The van der Waals surface area contributed by atoms with Gasteiger partial charge in [0.25, 0.3) is 5.69 Å². The number of hydrogen-bond donors (Lipinski definition) is 2. The molecular weight excluding hydrogens is 254 g/mol. The van der Waals surface area contributed by atoms with Crippen molar-refractivity contribution < 1.29 is 24.7 Å². The summed E-state index contributed by atoms with van der Waals surface area (Å²) in [6.45, 7) is 0.314. The van der Waals surface area contributed by atoms with Crippen LogP contribution in [0.25, 0.3) is 0 Å². The average molecular weight is 269 g/mol. The number of nitro groups is 1. The Bertz CT molecular complexity index is 430. The van der Waals surface area contributed by atoms with E-state index in [2.05, 4.69) is 0 Å². The predicted octanol–water partition coefficient (Wildman–Crippen LogP) is 1.59. The van der Waals surface area contributed by atoms with Crippen molar-refractivity contribution in [3.63, 3.8) is 0 Å². The summed E-state index contributed by atoms with van der Waals surface area (Å²) < 4.78 is 5.31. The van der Waals surface area contributed by atoms with Crippen molar-refractivity contribution in [3.05, 3.63) is 34.4 Å². The smallest absolute Gasteiger partial charge is 0.305 e. The number of hydrogen-bond acceptors (Lipinski definition) is 5. The number of non-ortho nitro benzene ring substituents is 1. The van der Waals surface area contributed by atoms with Crippen LogP contribution in [0.1, 0.15) is 19.3 Å². The molecule has 0 radical (unpaired) electrons. The van der Waals surface area contributed by atoms with E-state index in [1.807, 2.05) is 0 Å². The predicted molar refractivity (Wildman–Crippen MR) is 66.1 cm³/mol. The van der Waals surface area contributed by atoms with E-state index in [1.54, 1.807) is 0 Å². The summed E-state index contributed by atoms with van der Waals surface area (Å²) >= 11 is 0. The lowest BCUT2D eigenvalue weighted by Gasteiger charge is -2.09. The molecule has 0 amide bonds. The minimum Gasteiger partial charge on any atom is -0.494 e. The Morgan fingerprint density at radius 1 is 1.37 bits per heavy atom. The van der Waals surface area contributed by atoms with Gasteiger partial charge in [0.2, 0.25) is 0 Å². The molecule has 0 aliphatic heterocycles. The molecule has 1 unspecified atom stereocenters. The lowest BCUT2D eigenvalue weighted by Crippen LogP contribution is -2.14. The van der Waals surface area contributed by atoms with Crippen molar-refractivity contribution in [1.82, 2.24) is 0 Å². The van der Waals surface area contributed by atoms with Crippen molar-refractivity contribution in [3.8, 4) is 5.75 Å². The van der Waals surface area contributed by atoms with Crippen LogP contribution in [0.3, 0.4) is 0 Å². The SMILES string of the molecule is O=C(O)CC(O)CCCOc1ccc([N+](=O)[O-])cc1. The van der Waals surface area contributed by atoms with Crippen molar-refractivity contribution in [2.45, 2.75) is 25.4 Å². The minimum absolute atomic E-state index is 0.00997. The summed E-state index contributed by atoms with van der Waals surface area (Å²) in [5.41, 5.74) is -0.00997. The van der Waals surface area contributed by atoms with Crippen LogP contribution >= 0.6 is 0 Å². The fraction of sp³-hybridized carbons (Fsp3) is 0.417. The molecule has 0 bridgehead atoms. The highest BCUT2D eigenvalue weighted by atomic mass is 16.6. The van der Waals surface area contributed by atoms with Gasteiger partial charge in [-0.3, -0.25) is 14.9 Å². The summed E-state index contributed by atoms with van der Waals surface area (Å²) in [5, 5.41) is 28.2. The number of carbonyl (C=O) groups is 1. The number of carboxylic acids is 1. The van der Waals surface area contributed by atoms with E-state index in [4.69, 9.17) is 9.84 Å². The van der Waals surface area contributed by atoms with Crippen molar-refractivity contribution in [2.24, 2.45) is 0 Å². The molecule has 0 saturated heterocycles. The Balaban J connectivity index is 2.26. The molecule has 0 aliphatic rings. The zero-order valence-electron chi connectivity index (χ0n) is 10.2. The van der Waals surface area contributed by atoms with E-state index in [-0.39, 0.29) is 12.1 Å². The van der Waals surface area contributed by atoms with Crippen LogP contribution in [0.4, 0.5) is 5.69 Å². The number of ether oxygens (including phenoxy) is 1. The number of rotatable bonds is 8. The van der Waals surface area contributed by atoms with Gasteiger partial charge in [-0.15, -0.1) is 0 Å². The molecule has 0 saturated carbocycles. The standard InChI is InChI=1S/C12H15NO6/c14-10(8-12(15)16)2-1-7-19-11-5-3-9(4-6-11)13(17)18/h3-6,10,14H,1-2,7-8H2,(H,15,16). The molecule has 7 nitrogen and oxygen atoms in total. The third kappa shape index (κ3) is 5.82. The molecular formula is C12H15NO6. The summed E-state index contributed by atoms with van der Waals surface area (Å²) in [6, 6.07) is 5.67. The van der Waals surface area contributed by atoms with Gasteiger partial charge in [0, 0.05) is 12.1 Å². The van der Waals surface area contributed by atoms with Gasteiger partial charge in [0.05, 0.1) is 24.1 Å². The molecule has 19 heavy (non-hydrogen) atoms. The first kappa shape index (κ1) is 14.9. The maximum atomic E-state index is 10.4. The van der Waals surface area contributed by atoms with Crippen LogP contribution in [0.5, 0.6) is 5.75 Å². The van der Waals surface area contributed by atoms with E-state index < -0.39 is 17.0 Å². The Morgan fingerprint density at radius 3 is 2.53 bits per heavy atom. The van der Waals surface area contributed by atoms with Crippen molar-refractivity contribution in [2.75, 3.05) is 6.61 Å². The van der Waals surface area contributed by atoms with Gasteiger partial charge in [0.1, 0.15) is 5.75 Å². The second-order valence-electron chi connectivity index (χ2n) is 3.99. The average Bonchev–Trinajstić information content (AvgIpc) is 2.34. The van der Waals surface area contributed by atoms with Gasteiger partial charge < -0.3 is 14.9 Å². The lowest BCUT2D eigenvalue weighted by atomic mass is 10.1. The molecule has 7 heteroatoms. The fourth-order valence-electron chi connectivity index (χ4n) is 1.48. The second kappa shape index (κ2) is 7.32. The first-order valence-corrected chi connectivity index (χ1v) is 5.76. The van der Waals surface area contributed by atoms with Gasteiger partial charge in [-0.2, -0.15) is 0 Å². The molecule has 0 spiro atoms. The van der Waals surface area contributed by atoms with Crippen molar-refractivity contribution in [1.29, 1.82) is 0 Å². The second-order valence-corrected chi connectivity index (χ2v) is 3.99. The summed E-state index contributed by atoms with van der Waals surface area (Å²) in [6.07, 6.45) is -0.319. The quantitative estimate of drug-likeness (QED) is 0.421. The molecule has 104 valence electrons. The molecule has 0 aliphatic carbocycles. The van der Waals surface area contributed by atoms with Gasteiger partial charge in [-0.25, -0.2) is 0 Å². The van der Waals surface area contributed by atoms with Crippen LogP contribution in [-0.2, 0) is 4.79 Å². The number of benzene rings is 1. The number of carboxylic acid groups (broad SMARTS) is 1. The topological polar surface area (TPSA) is 110 Å². The molecule has 0 fully saturated rings. The maximum Gasteiger partial charge on any atom is 0.305 e. The molecule has 1 aromatic carbocycles. The third-order valence-electron chi connectivity index (χ3n) is 2.41. The molecule has 1 atom stereocenters. The van der Waals surface area contributed by atoms with Crippen LogP contribution in [0.2, 0.25) is 0 Å². The highest BCUT2D eigenvalue weighted by Crippen LogP contribution is 2.17. The Morgan fingerprint density at radius 2 is 2.00 bits per heavy atom. The highest BCUT2D eigenvalue weighted by Gasteiger charge is 2.09.